The molecule has 3 rings (SSSR count). The molecule has 0 bridgehead atoms. The van der Waals surface area contributed by atoms with Gasteiger partial charge in [-0.25, -0.2) is 0 Å². The average Bonchev–Trinajstić information content (AvgIpc) is 3.20. The first-order chi connectivity index (χ1) is 15.3. The van der Waals surface area contributed by atoms with Gasteiger partial charge in [0.15, 0.2) is 0 Å². The number of rotatable bonds is 7. The van der Waals surface area contributed by atoms with Crippen molar-refractivity contribution < 1.29 is 9.53 Å². The summed E-state index contributed by atoms with van der Waals surface area (Å²) in [4.78, 5) is 11.3. The molecule has 2 heteroatoms. The molecule has 32 heavy (non-hydrogen) atoms. The molecule has 3 fully saturated rings. The zero-order chi connectivity index (χ0) is 23.7. The Morgan fingerprint density at radius 3 is 2.50 bits per heavy atom. The lowest BCUT2D eigenvalue weighted by atomic mass is 9.71. The summed E-state index contributed by atoms with van der Waals surface area (Å²) in [7, 11) is 0. The number of allylic oxidation sites excluding steroid dienone is 4. The monoisotopic (exact) mass is 442 g/mol. The molecule has 0 radical (unpaired) electrons. The normalized spacial score (nSPS) is 31.3. The average molecular weight is 443 g/mol. The van der Waals surface area contributed by atoms with E-state index < -0.39 is 0 Å². The summed E-state index contributed by atoms with van der Waals surface area (Å²) in [5.41, 5.74) is 4.20. The summed E-state index contributed by atoms with van der Waals surface area (Å²) >= 11 is 0. The van der Waals surface area contributed by atoms with Crippen LogP contribution >= 0.6 is 0 Å². The van der Waals surface area contributed by atoms with Crippen LogP contribution in [-0.4, -0.2) is 12.1 Å². The first-order valence-electron chi connectivity index (χ1n) is 13.6. The van der Waals surface area contributed by atoms with Crippen LogP contribution in [0.15, 0.2) is 35.5 Å². The maximum Gasteiger partial charge on any atom is 0.302 e. The van der Waals surface area contributed by atoms with Crippen molar-refractivity contribution in [3.63, 3.8) is 0 Å². The second kappa shape index (κ2) is 13.4. The van der Waals surface area contributed by atoms with Gasteiger partial charge in [0, 0.05) is 13.3 Å². The Bertz CT molecular complexity index is 668. The maximum atomic E-state index is 11.3. The van der Waals surface area contributed by atoms with E-state index in [0.717, 1.165) is 48.9 Å². The maximum absolute atomic E-state index is 11.3. The Balaban J connectivity index is 0.00000176. The summed E-state index contributed by atoms with van der Waals surface area (Å²) in [6, 6.07) is 0. The summed E-state index contributed by atoms with van der Waals surface area (Å²) in [6.07, 6.45) is 18.5. The van der Waals surface area contributed by atoms with Crippen LogP contribution in [0.25, 0.3) is 0 Å². The van der Waals surface area contributed by atoms with Gasteiger partial charge < -0.3 is 4.74 Å². The second-order valence-corrected chi connectivity index (χ2v) is 10.7. The van der Waals surface area contributed by atoms with E-state index in [1.165, 1.54) is 69.4 Å². The molecule has 0 aromatic heterocycles. The molecule has 5 atom stereocenters. The van der Waals surface area contributed by atoms with E-state index in [9.17, 15) is 4.79 Å². The Morgan fingerprint density at radius 2 is 1.81 bits per heavy atom. The van der Waals surface area contributed by atoms with Crippen molar-refractivity contribution in [3.8, 4) is 0 Å². The van der Waals surface area contributed by atoms with Crippen molar-refractivity contribution in [3.05, 3.63) is 35.5 Å². The van der Waals surface area contributed by atoms with E-state index in [2.05, 4.69) is 39.5 Å². The minimum atomic E-state index is -0.167. The van der Waals surface area contributed by atoms with Crippen LogP contribution < -0.4 is 0 Å². The highest BCUT2D eigenvalue weighted by Gasteiger charge is 2.41. The molecule has 0 aromatic carbocycles. The minimum Gasteiger partial charge on any atom is -0.462 e. The lowest BCUT2D eigenvalue weighted by Gasteiger charge is -2.34. The van der Waals surface area contributed by atoms with Gasteiger partial charge in [0.25, 0.3) is 0 Å². The van der Waals surface area contributed by atoms with Crippen LogP contribution in [0.3, 0.4) is 0 Å². The van der Waals surface area contributed by atoms with Crippen molar-refractivity contribution in [2.24, 2.45) is 29.6 Å². The van der Waals surface area contributed by atoms with Gasteiger partial charge in [-0.3, -0.25) is 4.79 Å². The Morgan fingerprint density at radius 1 is 1.06 bits per heavy atom. The van der Waals surface area contributed by atoms with Crippen LogP contribution in [0.1, 0.15) is 112 Å². The molecule has 2 nitrogen and oxygen atoms in total. The predicted octanol–water partition coefficient (Wildman–Crippen LogP) is 8.83. The topological polar surface area (TPSA) is 26.3 Å². The fourth-order valence-electron chi connectivity index (χ4n) is 6.39. The summed E-state index contributed by atoms with van der Waals surface area (Å²) in [5.74, 6) is 4.17. The van der Waals surface area contributed by atoms with Crippen molar-refractivity contribution in [1.29, 1.82) is 0 Å². The third-order valence-electron chi connectivity index (χ3n) is 8.03. The molecule has 0 N–H and O–H groups in total. The largest absolute Gasteiger partial charge is 0.462 e. The van der Waals surface area contributed by atoms with Gasteiger partial charge >= 0.3 is 5.97 Å². The van der Waals surface area contributed by atoms with Gasteiger partial charge in [-0.1, -0.05) is 83.8 Å². The van der Waals surface area contributed by atoms with Crippen LogP contribution in [0.5, 0.6) is 0 Å². The number of carbonyl (C=O) groups excluding carboxylic acids is 1. The number of carbonyl (C=O) groups is 1. The van der Waals surface area contributed by atoms with Crippen molar-refractivity contribution >= 4 is 5.97 Å². The summed E-state index contributed by atoms with van der Waals surface area (Å²) in [6.45, 7) is 17.0. The fourth-order valence-corrected chi connectivity index (χ4v) is 6.39. The van der Waals surface area contributed by atoms with Crippen molar-refractivity contribution in [2.75, 3.05) is 0 Å². The number of hydrogen-bond donors (Lipinski definition) is 0. The quantitative estimate of drug-likeness (QED) is 0.368. The minimum absolute atomic E-state index is 0.0271. The fraction of sp³-hybridized carbons (Fsp3) is 0.767. The van der Waals surface area contributed by atoms with E-state index >= 15 is 0 Å². The number of ether oxygens (including phenoxy) is 1. The highest BCUT2D eigenvalue weighted by Crippen LogP contribution is 2.51. The predicted molar refractivity (Wildman–Crippen MR) is 137 cm³/mol. The Labute approximate surface area is 199 Å². The molecule has 3 saturated carbocycles. The highest BCUT2D eigenvalue weighted by atomic mass is 16.5. The third kappa shape index (κ3) is 7.63. The first kappa shape index (κ1) is 26.9. The highest BCUT2D eigenvalue weighted by molar-refractivity contribution is 5.66. The van der Waals surface area contributed by atoms with Crippen LogP contribution in [0.2, 0.25) is 0 Å². The van der Waals surface area contributed by atoms with Gasteiger partial charge in [-0.2, -0.15) is 0 Å². The van der Waals surface area contributed by atoms with Gasteiger partial charge in [0.1, 0.15) is 6.10 Å². The van der Waals surface area contributed by atoms with Gasteiger partial charge in [-0.15, -0.1) is 0 Å². The molecular formula is C30H50O2. The molecule has 0 amide bonds. The molecule has 4 unspecified atom stereocenters. The zero-order valence-corrected chi connectivity index (χ0v) is 21.9. The summed E-state index contributed by atoms with van der Waals surface area (Å²) in [5, 5.41) is 0. The van der Waals surface area contributed by atoms with Gasteiger partial charge in [0.05, 0.1) is 0 Å². The zero-order valence-electron chi connectivity index (χ0n) is 21.9. The van der Waals surface area contributed by atoms with Crippen LogP contribution in [0.4, 0.5) is 0 Å². The number of esters is 1. The van der Waals surface area contributed by atoms with Crippen LogP contribution in [0, 0.1) is 29.6 Å². The molecule has 0 saturated heterocycles. The Kier molecular flexibility index (Phi) is 11.3. The van der Waals surface area contributed by atoms with Gasteiger partial charge in [0.2, 0.25) is 0 Å². The van der Waals surface area contributed by atoms with E-state index in [4.69, 9.17) is 4.74 Å². The van der Waals surface area contributed by atoms with Gasteiger partial charge in [-0.05, 0) is 80.1 Å². The lowest BCUT2D eigenvalue weighted by Crippen LogP contribution is -2.25. The molecule has 0 aromatic rings. The molecular weight excluding hydrogens is 392 g/mol. The molecule has 0 aliphatic heterocycles. The molecule has 0 spiro atoms. The van der Waals surface area contributed by atoms with Crippen molar-refractivity contribution in [1.82, 2.24) is 0 Å². The van der Waals surface area contributed by atoms with E-state index in [-0.39, 0.29) is 12.1 Å². The molecule has 3 aliphatic carbocycles. The molecule has 3 aliphatic rings. The number of hydrogen-bond acceptors (Lipinski definition) is 2. The number of fused-ring (bicyclic) bond motifs is 1. The third-order valence-corrected chi connectivity index (χ3v) is 8.03. The molecule has 0 heterocycles. The first-order valence-corrected chi connectivity index (χ1v) is 13.6. The Hall–Kier alpha value is -1.31. The second-order valence-electron chi connectivity index (χ2n) is 10.7. The van der Waals surface area contributed by atoms with E-state index in [0.29, 0.717) is 0 Å². The summed E-state index contributed by atoms with van der Waals surface area (Å²) < 4.78 is 5.48. The smallest absolute Gasteiger partial charge is 0.302 e. The molecule has 182 valence electrons. The standard InChI is InChI=1S/C28H44O2.C2H6/c1-19(2)8-6-9-21(4)26-16-17-27-23(10-7-11-28(26)27)13-14-24-18-25(30-22(5)29)15-12-20(24)3;1-2/h13-14,19,21,25-28H,3,6-12,15-18H2,1-2,4-5H3;1-2H3/b23-13+,24-14-;/t21-,25?,26?,27?,28?;/m1./s1. The van der Waals surface area contributed by atoms with Crippen molar-refractivity contribution in [2.45, 2.75) is 118 Å². The van der Waals surface area contributed by atoms with E-state index in [1.807, 2.05) is 13.8 Å². The van der Waals surface area contributed by atoms with Crippen LogP contribution in [-0.2, 0) is 9.53 Å². The lowest BCUT2D eigenvalue weighted by molar-refractivity contribution is -0.146. The SMILES string of the molecule is C=C1CCC(OC(C)=O)C/C1=C/C=C1\CCCC2C1CCC2[C@H](C)CCCC(C)C.CC. The van der Waals surface area contributed by atoms with E-state index in [1.54, 1.807) is 5.57 Å².